The third-order valence-electron chi connectivity index (χ3n) is 4.25. The van der Waals surface area contributed by atoms with Crippen LogP contribution in [-0.2, 0) is 17.8 Å². The molecule has 1 saturated heterocycles. The van der Waals surface area contributed by atoms with E-state index < -0.39 is 0 Å². The minimum atomic E-state index is -0.211. The molecular formula is C18H20FN5OS. The Kier molecular flexibility index (Phi) is 5.24. The van der Waals surface area contributed by atoms with Crippen LogP contribution in [0.25, 0.3) is 5.13 Å². The summed E-state index contributed by atoms with van der Waals surface area (Å²) in [7, 11) is 0. The Morgan fingerprint density at radius 1 is 1.08 bits per heavy atom. The zero-order valence-electron chi connectivity index (χ0n) is 14.3. The number of halogens is 1. The molecule has 0 aliphatic carbocycles. The Bertz CT molecular complexity index is 859. The van der Waals surface area contributed by atoms with Crippen molar-refractivity contribution in [2.24, 2.45) is 0 Å². The molecule has 1 N–H and O–H groups in total. The van der Waals surface area contributed by atoms with Gasteiger partial charge in [0.1, 0.15) is 5.82 Å². The second kappa shape index (κ2) is 7.94. The molecule has 0 radical (unpaired) electrons. The van der Waals surface area contributed by atoms with E-state index >= 15 is 0 Å². The largest absolute Gasteiger partial charge is 0.378 e. The SMILES string of the molecule is Fc1cccc(CNCc2cccn2-c2nnc(N3CCOCC3)s2)c1. The second-order valence-corrected chi connectivity index (χ2v) is 7.00. The maximum Gasteiger partial charge on any atom is 0.218 e. The maximum atomic E-state index is 13.3. The normalized spacial score (nSPS) is 14.7. The van der Waals surface area contributed by atoms with E-state index in [2.05, 4.69) is 20.4 Å². The lowest BCUT2D eigenvalue weighted by atomic mass is 10.2. The molecule has 3 heterocycles. The molecule has 0 spiro atoms. The Hall–Kier alpha value is -2.29. The lowest BCUT2D eigenvalue weighted by Gasteiger charge is -2.25. The molecule has 8 heteroatoms. The molecular weight excluding hydrogens is 353 g/mol. The highest BCUT2D eigenvalue weighted by molar-refractivity contribution is 7.17. The summed E-state index contributed by atoms with van der Waals surface area (Å²) in [6, 6.07) is 10.7. The number of hydrogen-bond donors (Lipinski definition) is 1. The summed E-state index contributed by atoms with van der Waals surface area (Å²) in [4.78, 5) is 2.20. The Balaban J connectivity index is 1.41. The van der Waals surface area contributed by atoms with E-state index in [0.717, 1.165) is 47.8 Å². The monoisotopic (exact) mass is 373 g/mol. The number of nitrogens with zero attached hydrogens (tertiary/aromatic N) is 4. The van der Waals surface area contributed by atoms with Crippen LogP contribution < -0.4 is 10.2 Å². The second-order valence-electron chi connectivity index (χ2n) is 6.07. The average molecular weight is 373 g/mol. The molecule has 1 aromatic carbocycles. The smallest absolute Gasteiger partial charge is 0.218 e. The summed E-state index contributed by atoms with van der Waals surface area (Å²) in [6.45, 7) is 4.43. The van der Waals surface area contributed by atoms with Crippen LogP contribution in [0.4, 0.5) is 9.52 Å². The number of hydrogen-bond acceptors (Lipinski definition) is 6. The summed E-state index contributed by atoms with van der Waals surface area (Å²) in [6.07, 6.45) is 1.99. The Morgan fingerprint density at radius 2 is 1.92 bits per heavy atom. The predicted octanol–water partition coefficient (Wildman–Crippen LogP) is 2.59. The minimum Gasteiger partial charge on any atom is -0.378 e. The zero-order valence-corrected chi connectivity index (χ0v) is 15.1. The van der Waals surface area contributed by atoms with Gasteiger partial charge in [-0.25, -0.2) is 4.39 Å². The molecule has 0 unspecified atom stereocenters. The quantitative estimate of drug-likeness (QED) is 0.720. The van der Waals surface area contributed by atoms with Gasteiger partial charge in [0.15, 0.2) is 0 Å². The molecule has 0 amide bonds. The van der Waals surface area contributed by atoms with E-state index in [1.807, 2.05) is 29.0 Å². The Morgan fingerprint density at radius 3 is 2.77 bits per heavy atom. The number of benzene rings is 1. The fourth-order valence-electron chi connectivity index (χ4n) is 2.92. The first-order chi connectivity index (χ1) is 12.8. The topological polar surface area (TPSA) is 55.2 Å². The fraction of sp³-hybridized carbons (Fsp3) is 0.333. The van der Waals surface area contributed by atoms with Gasteiger partial charge in [0.05, 0.1) is 13.2 Å². The lowest BCUT2D eigenvalue weighted by Crippen LogP contribution is -2.36. The van der Waals surface area contributed by atoms with Crippen LogP contribution in [0.1, 0.15) is 11.3 Å². The van der Waals surface area contributed by atoms with Crippen molar-refractivity contribution in [2.45, 2.75) is 13.1 Å². The molecule has 0 atom stereocenters. The first-order valence-electron chi connectivity index (χ1n) is 8.57. The van der Waals surface area contributed by atoms with E-state index in [4.69, 9.17) is 4.74 Å². The summed E-state index contributed by atoms with van der Waals surface area (Å²) in [5, 5.41) is 13.8. The minimum absolute atomic E-state index is 0.211. The number of anilines is 1. The van der Waals surface area contributed by atoms with Crippen LogP contribution in [0.2, 0.25) is 0 Å². The van der Waals surface area contributed by atoms with Crippen LogP contribution in [0.3, 0.4) is 0 Å². The van der Waals surface area contributed by atoms with Crippen LogP contribution in [0.15, 0.2) is 42.6 Å². The first kappa shape index (κ1) is 17.1. The van der Waals surface area contributed by atoms with E-state index in [-0.39, 0.29) is 5.82 Å². The first-order valence-corrected chi connectivity index (χ1v) is 9.39. The van der Waals surface area contributed by atoms with Gasteiger partial charge in [-0.05, 0) is 29.8 Å². The third-order valence-corrected chi connectivity index (χ3v) is 5.23. The van der Waals surface area contributed by atoms with Gasteiger partial charge >= 0.3 is 0 Å². The fourth-order valence-corrected chi connectivity index (χ4v) is 3.83. The summed E-state index contributed by atoms with van der Waals surface area (Å²) in [5.41, 5.74) is 2.01. The van der Waals surface area contributed by atoms with Crippen molar-refractivity contribution < 1.29 is 9.13 Å². The predicted molar refractivity (Wildman–Crippen MR) is 99.2 cm³/mol. The maximum absolute atomic E-state index is 13.3. The van der Waals surface area contributed by atoms with Crippen molar-refractivity contribution in [3.8, 4) is 5.13 Å². The molecule has 1 aliphatic rings. The van der Waals surface area contributed by atoms with Crippen LogP contribution >= 0.6 is 11.3 Å². The van der Waals surface area contributed by atoms with Crippen molar-refractivity contribution in [1.82, 2.24) is 20.1 Å². The van der Waals surface area contributed by atoms with E-state index in [0.29, 0.717) is 13.1 Å². The molecule has 136 valence electrons. The number of morpholine rings is 1. The summed E-state index contributed by atoms with van der Waals surface area (Å²) < 4.78 is 20.7. The summed E-state index contributed by atoms with van der Waals surface area (Å²) in [5.74, 6) is -0.211. The molecule has 0 saturated carbocycles. The molecule has 2 aromatic heterocycles. The van der Waals surface area contributed by atoms with Crippen LogP contribution in [0.5, 0.6) is 0 Å². The van der Waals surface area contributed by atoms with Gasteiger partial charge in [0, 0.05) is 38.1 Å². The molecule has 4 rings (SSSR count). The number of ether oxygens (including phenoxy) is 1. The highest BCUT2D eigenvalue weighted by Gasteiger charge is 2.17. The van der Waals surface area contributed by atoms with Gasteiger partial charge in [0.2, 0.25) is 10.3 Å². The van der Waals surface area contributed by atoms with Crippen molar-refractivity contribution in [3.63, 3.8) is 0 Å². The van der Waals surface area contributed by atoms with Gasteiger partial charge in [-0.1, -0.05) is 23.5 Å². The number of rotatable bonds is 6. The van der Waals surface area contributed by atoms with Crippen LogP contribution in [-0.4, -0.2) is 41.1 Å². The van der Waals surface area contributed by atoms with Crippen LogP contribution in [0, 0.1) is 5.82 Å². The van der Waals surface area contributed by atoms with Gasteiger partial charge in [0.25, 0.3) is 0 Å². The third kappa shape index (κ3) is 3.92. The van der Waals surface area contributed by atoms with Gasteiger partial charge in [-0.15, -0.1) is 10.2 Å². The van der Waals surface area contributed by atoms with Gasteiger partial charge in [-0.2, -0.15) is 0 Å². The number of aromatic nitrogens is 3. The van der Waals surface area contributed by atoms with Crippen molar-refractivity contribution in [2.75, 3.05) is 31.2 Å². The van der Waals surface area contributed by atoms with Crippen molar-refractivity contribution in [3.05, 3.63) is 59.7 Å². The van der Waals surface area contributed by atoms with Crippen molar-refractivity contribution in [1.29, 1.82) is 0 Å². The van der Waals surface area contributed by atoms with E-state index in [1.165, 1.54) is 6.07 Å². The standard InChI is InChI=1S/C18H20FN5OS/c19-15-4-1-3-14(11-15)12-20-13-16-5-2-6-24(16)18-22-21-17(26-18)23-7-9-25-10-8-23/h1-6,11,20H,7-10,12-13H2. The van der Waals surface area contributed by atoms with E-state index in [1.54, 1.807) is 23.5 Å². The lowest BCUT2D eigenvalue weighted by molar-refractivity contribution is 0.122. The molecule has 0 bridgehead atoms. The zero-order chi connectivity index (χ0) is 17.8. The molecule has 1 fully saturated rings. The van der Waals surface area contributed by atoms with Crippen molar-refractivity contribution >= 4 is 16.5 Å². The summed E-state index contributed by atoms with van der Waals surface area (Å²) >= 11 is 1.58. The Labute approximate surface area is 155 Å². The number of nitrogens with one attached hydrogen (secondary N) is 1. The van der Waals surface area contributed by atoms with Gasteiger partial charge in [-0.3, -0.25) is 4.57 Å². The molecule has 3 aromatic rings. The molecule has 6 nitrogen and oxygen atoms in total. The highest BCUT2D eigenvalue weighted by atomic mass is 32.1. The molecule has 26 heavy (non-hydrogen) atoms. The van der Waals surface area contributed by atoms with E-state index in [9.17, 15) is 4.39 Å². The van der Waals surface area contributed by atoms with Gasteiger partial charge < -0.3 is 15.0 Å². The molecule has 1 aliphatic heterocycles. The highest BCUT2D eigenvalue weighted by Crippen LogP contribution is 2.25. The average Bonchev–Trinajstić information content (AvgIpc) is 3.32.